The molecule has 0 unspecified atom stereocenters. The van der Waals surface area contributed by atoms with E-state index < -0.39 is 0 Å². The smallest absolute Gasteiger partial charge is 0.236 e. The van der Waals surface area contributed by atoms with Gasteiger partial charge in [-0.1, -0.05) is 0 Å². The van der Waals surface area contributed by atoms with E-state index in [0.717, 1.165) is 25.9 Å². The predicted octanol–water partition coefficient (Wildman–Crippen LogP) is -1.60. The van der Waals surface area contributed by atoms with Gasteiger partial charge in [-0.3, -0.25) is 16.1 Å². The highest BCUT2D eigenvalue weighted by atomic mass is 16.2. The Balaban J connectivity index is 2.30. The molecule has 5 N–H and O–H groups in total. The summed E-state index contributed by atoms with van der Waals surface area (Å²) in [6.45, 7) is 1.65. The van der Waals surface area contributed by atoms with E-state index in [2.05, 4.69) is 5.43 Å². The second-order valence-corrected chi connectivity index (χ2v) is 3.03. The van der Waals surface area contributed by atoms with Crippen LogP contribution in [0.3, 0.4) is 0 Å². The van der Waals surface area contributed by atoms with Crippen LogP contribution in [-0.2, 0) is 4.79 Å². The third kappa shape index (κ3) is 2.17. The summed E-state index contributed by atoms with van der Waals surface area (Å²) in [6, 6.07) is 0.354. The van der Waals surface area contributed by atoms with Crippen LogP contribution >= 0.6 is 0 Å². The number of nitrogens with two attached hydrogens (primary N) is 2. The summed E-state index contributed by atoms with van der Waals surface area (Å²) in [5, 5.41) is 0. The van der Waals surface area contributed by atoms with Crippen LogP contribution in [0.5, 0.6) is 0 Å². The zero-order valence-corrected chi connectivity index (χ0v) is 7.12. The monoisotopic (exact) mass is 172 g/mol. The van der Waals surface area contributed by atoms with Crippen LogP contribution < -0.4 is 17.0 Å². The van der Waals surface area contributed by atoms with Gasteiger partial charge in [-0.2, -0.15) is 0 Å². The molecule has 1 saturated heterocycles. The second-order valence-electron chi connectivity index (χ2n) is 3.03. The number of nitrogens with zero attached hydrogens (tertiary/aromatic N) is 1. The molecule has 5 nitrogen and oxygen atoms in total. The lowest BCUT2D eigenvalue weighted by Crippen LogP contribution is -2.48. The Morgan fingerprint density at radius 3 is 2.50 bits per heavy atom. The van der Waals surface area contributed by atoms with Crippen LogP contribution in [0.2, 0.25) is 0 Å². The normalized spacial score (nSPS) is 19.7. The average molecular weight is 172 g/mol. The van der Waals surface area contributed by atoms with Crippen molar-refractivity contribution < 1.29 is 4.79 Å². The van der Waals surface area contributed by atoms with Crippen LogP contribution in [-0.4, -0.2) is 36.5 Å². The number of hydrazine groups is 1. The summed E-state index contributed by atoms with van der Waals surface area (Å²) < 4.78 is 0. The van der Waals surface area contributed by atoms with Crippen molar-refractivity contribution in [1.29, 1.82) is 0 Å². The topological polar surface area (TPSA) is 84.4 Å². The molecular weight excluding hydrogens is 156 g/mol. The maximum Gasteiger partial charge on any atom is 0.236 e. The van der Waals surface area contributed by atoms with Gasteiger partial charge in [-0.05, 0) is 12.8 Å². The van der Waals surface area contributed by atoms with Crippen molar-refractivity contribution in [3.05, 3.63) is 0 Å². The van der Waals surface area contributed by atoms with Crippen molar-refractivity contribution in [2.24, 2.45) is 11.6 Å². The molecule has 0 spiro atoms. The molecule has 1 rings (SSSR count). The quantitative estimate of drug-likeness (QED) is 0.346. The lowest BCUT2D eigenvalue weighted by atomic mass is 10.1. The van der Waals surface area contributed by atoms with Crippen molar-refractivity contribution >= 4 is 5.91 Å². The third-order valence-corrected chi connectivity index (χ3v) is 2.26. The Morgan fingerprint density at radius 2 is 2.08 bits per heavy atom. The molecule has 0 aromatic rings. The highest BCUT2D eigenvalue weighted by Gasteiger charge is 2.20. The van der Waals surface area contributed by atoms with E-state index in [0.29, 0.717) is 6.04 Å². The summed E-state index contributed by atoms with van der Waals surface area (Å²) in [6.07, 6.45) is 1.84. The van der Waals surface area contributed by atoms with Gasteiger partial charge in [0.1, 0.15) is 0 Å². The van der Waals surface area contributed by atoms with E-state index in [9.17, 15) is 4.79 Å². The molecule has 0 aliphatic carbocycles. The zero-order chi connectivity index (χ0) is 8.97. The van der Waals surface area contributed by atoms with Gasteiger partial charge < -0.3 is 10.6 Å². The van der Waals surface area contributed by atoms with Crippen molar-refractivity contribution in [1.82, 2.24) is 10.3 Å². The standard InChI is InChI=1S/C7H16N4O/c8-5-7(12)11-3-1-6(10-9)2-4-11/h6,10H,1-5,8-9H2. The number of amides is 1. The first-order valence-electron chi connectivity index (χ1n) is 4.22. The van der Waals surface area contributed by atoms with Gasteiger partial charge in [0, 0.05) is 19.1 Å². The van der Waals surface area contributed by atoms with Gasteiger partial charge in [0.2, 0.25) is 5.91 Å². The molecule has 12 heavy (non-hydrogen) atoms. The Kier molecular flexibility index (Phi) is 3.46. The summed E-state index contributed by atoms with van der Waals surface area (Å²) >= 11 is 0. The number of piperidine rings is 1. The number of hydrogen-bond donors (Lipinski definition) is 3. The molecule has 1 aliphatic rings. The summed E-state index contributed by atoms with van der Waals surface area (Å²) in [4.78, 5) is 12.9. The minimum Gasteiger partial charge on any atom is -0.341 e. The molecule has 1 aliphatic heterocycles. The molecule has 1 fully saturated rings. The van der Waals surface area contributed by atoms with Crippen molar-refractivity contribution in [2.45, 2.75) is 18.9 Å². The first-order chi connectivity index (χ1) is 5.77. The summed E-state index contributed by atoms with van der Waals surface area (Å²) in [7, 11) is 0. The number of hydrogen-bond acceptors (Lipinski definition) is 4. The average Bonchev–Trinajstić information content (AvgIpc) is 2.17. The van der Waals surface area contributed by atoms with Gasteiger partial charge in [-0.15, -0.1) is 0 Å². The lowest BCUT2D eigenvalue weighted by molar-refractivity contribution is -0.130. The van der Waals surface area contributed by atoms with Crippen LogP contribution in [0.25, 0.3) is 0 Å². The van der Waals surface area contributed by atoms with E-state index in [-0.39, 0.29) is 12.5 Å². The van der Waals surface area contributed by atoms with E-state index in [1.807, 2.05) is 0 Å². The van der Waals surface area contributed by atoms with Gasteiger partial charge in [0.05, 0.1) is 6.54 Å². The molecule has 0 aromatic carbocycles. The second kappa shape index (κ2) is 4.39. The molecule has 0 atom stereocenters. The van der Waals surface area contributed by atoms with Gasteiger partial charge in [0.25, 0.3) is 0 Å². The highest BCUT2D eigenvalue weighted by Crippen LogP contribution is 2.08. The van der Waals surface area contributed by atoms with Crippen LogP contribution in [0.1, 0.15) is 12.8 Å². The molecule has 1 amide bonds. The Labute approximate surface area is 72.0 Å². The van der Waals surface area contributed by atoms with E-state index >= 15 is 0 Å². The van der Waals surface area contributed by atoms with E-state index in [1.54, 1.807) is 4.90 Å². The largest absolute Gasteiger partial charge is 0.341 e. The third-order valence-electron chi connectivity index (χ3n) is 2.26. The maximum atomic E-state index is 11.1. The molecule has 0 aromatic heterocycles. The zero-order valence-electron chi connectivity index (χ0n) is 7.12. The SMILES string of the molecule is NCC(=O)N1CCC(NN)CC1. The number of likely N-dealkylation sites (tertiary alicyclic amines) is 1. The maximum absolute atomic E-state index is 11.1. The number of carbonyl (C=O) groups excluding carboxylic acids is 1. The van der Waals surface area contributed by atoms with Gasteiger partial charge in [0.15, 0.2) is 0 Å². The van der Waals surface area contributed by atoms with Crippen molar-refractivity contribution in [2.75, 3.05) is 19.6 Å². The Bertz CT molecular complexity index is 153. The molecule has 1 heterocycles. The first kappa shape index (κ1) is 9.44. The van der Waals surface area contributed by atoms with Crippen molar-refractivity contribution in [3.8, 4) is 0 Å². The Morgan fingerprint density at radius 1 is 1.50 bits per heavy atom. The summed E-state index contributed by atoms with van der Waals surface area (Å²) in [5.41, 5.74) is 7.95. The highest BCUT2D eigenvalue weighted by molar-refractivity contribution is 5.78. The van der Waals surface area contributed by atoms with E-state index in [1.165, 1.54) is 0 Å². The number of nitrogens with one attached hydrogen (secondary N) is 1. The fourth-order valence-electron chi connectivity index (χ4n) is 1.42. The minimum absolute atomic E-state index is 0.0328. The van der Waals surface area contributed by atoms with Gasteiger partial charge in [-0.25, -0.2) is 0 Å². The van der Waals surface area contributed by atoms with Crippen LogP contribution in [0.4, 0.5) is 0 Å². The molecule has 70 valence electrons. The lowest BCUT2D eigenvalue weighted by Gasteiger charge is -2.31. The molecular formula is C7H16N4O. The Hall–Kier alpha value is -0.650. The number of rotatable bonds is 2. The van der Waals surface area contributed by atoms with Gasteiger partial charge >= 0.3 is 0 Å². The molecule has 0 bridgehead atoms. The summed E-state index contributed by atoms with van der Waals surface area (Å²) in [5.74, 6) is 5.31. The molecule has 0 radical (unpaired) electrons. The first-order valence-corrected chi connectivity index (χ1v) is 4.22. The van der Waals surface area contributed by atoms with Crippen LogP contribution in [0.15, 0.2) is 0 Å². The fourth-order valence-corrected chi connectivity index (χ4v) is 1.42. The van der Waals surface area contributed by atoms with Crippen molar-refractivity contribution in [3.63, 3.8) is 0 Å². The number of carbonyl (C=O) groups is 1. The fraction of sp³-hybridized carbons (Fsp3) is 0.857. The minimum atomic E-state index is 0.0328. The molecule has 5 heteroatoms. The van der Waals surface area contributed by atoms with E-state index in [4.69, 9.17) is 11.6 Å². The predicted molar refractivity (Wildman–Crippen MR) is 46.0 cm³/mol. The van der Waals surface area contributed by atoms with Crippen LogP contribution in [0, 0.1) is 0 Å². The molecule has 0 saturated carbocycles.